The van der Waals surface area contributed by atoms with Gasteiger partial charge in [0.15, 0.2) is 6.10 Å². The van der Waals surface area contributed by atoms with Crippen molar-refractivity contribution >= 4 is 24.1 Å². The minimum Gasteiger partial charge on any atom is -0.458 e. The first-order valence-electron chi connectivity index (χ1n) is 10.2. The molecule has 9 nitrogen and oxygen atoms in total. The molecule has 0 spiro atoms. The molecule has 9 heteroatoms. The molecule has 32 heavy (non-hydrogen) atoms. The van der Waals surface area contributed by atoms with Gasteiger partial charge < -0.3 is 23.7 Å². The molecule has 0 heterocycles. The van der Waals surface area contributed by atoms with Gasteiger partial charge in [-0.05, 0) is 54.0 Å². The predicted molar refractivity (Wildman–Crippen MR) is 113 cm³/mol. The van der Waals surface area contributed by atoms with E-state index in [1.165, 1.54) is 6.92 Å². The lowest BCUT2D eigenvalue weighted by atomic mass is 10.2. The van der Waals surface area contributed by atoms with E-state index in [-0.39, 0.29) is 6.61 Å². The highest BCUT2D eigenvalue weighted by Gasteiger charge is 2.32. The monoisotopic (exact) mass is 452 g/mol. The lowest BCUT2D eigenvalue weighted by molar-refractivity contribution is -0.177. The van der Waals surface area contributed by atoms with Crippen molar-refractivity contribution in [2.75, 3.05) is 0 Å². The number of carbonyl (C=O) groups is 4. The van der Waals surface area contributed by atoms with E-state index in [2.05, 4.69) is 0 Å². The molecule has 0 N–H and O–H groups in total. The molecule has 0 amide bonds. The summed E-state index contributed by atoms with van der Waals surface area (Å²) in [5, 5.41) is 0. The van der Waals surface area contributed by atoms with Crippen molar-refractivity contribution in [1.82, 2.24) is 0 Å². The Morgan fingerprint density at radius 1 is 0.812 bits per heavy atom. The number of benzene rings is 1. The molecule has 0 radical (unpaired) electrons. The molecule has 178 valence electrons. The largest absolute Gasteiger partial charge is 0.509 e. The van der Waals surface area contributed by atoms with Crippen LogP contribution < -0.4 is 0 Å². The van der Waals surface area contributed by atoms with Crippen LogP contribution >= 0.6 is 0 Å². The Balaban J connectivity index is 2.80. The second kappa shape index (κ2) is 11.5. The molecule has 1 aromatic carbocycles. The van der Waals surface area contributed by atoms with Crippen molar-refractivity contribution in [3.05, 3.63) is 35.9 Å². The van der Waals surface area contributed by atoms with E-state index < -0.39 is 53.9 Å². The van der Waals surface area contributed by atoms with Gasteiger partial charge in [0.25, 0.3) is 0 Å². The zero-order valence-corrected chi connectivity index (χ0v) is 19.6. The smallest absolute Gasteiger partial charge is 0.458 e. The van der Waals surface area contributed by atoms with Crippen LogP contribution in [0.25, 0.3) is 0 Å². The van der Waals surface area contributed by atoms with E-state index in [0.717, 1.165) is 0 Å². The van der Waals surface area contributed by atoms with Crippen molar-refractivity contribution in [1.29, 1.82) is 0 Å². The van der Waals surface area contributed by atoms with Crippen LogP contribution in [0.4, 0.5) is 4.79 Å². The van der Waals surface area contributed by atoms with Gasteiger partial charge in [0, 0.05) is 0 Å². The van der Waals surface area contributed by atoms with Gasteiger partial charge in [0.2, 0.25) is 6.10 Å². The van der Waals surface area contributed by atoms with Crippen LogP contribution in [0.3, 0.4) is 0 Å². The molecule has 0 aliphatic rings. The average Bonchev–Trinajstić information content (AvgIpc) is 2.63. The van der Waals surface area contributed by atoms with Gasteiger partial charge in [-0.1, -0.05) is 30.3 Å². The molecule has 0 aliphatic carbocycles. The van der Waals surface area contributed by atoms with E-state index in [4.69, 9.17) is 23.7 Å². The van der Waals surface area contributed by atoms with Crippen LogP contribution in [-0.4, -0.2) is 47.5 Å². The lowest BCUT2D eigenvalue weighted by Crippen LogP contribution is -2.37. The molecule has 0 aromatic heterocycles. The minimum absolute atomic E-state index is 0.0861. The van der Waals surface area contributed by atoms with Crippen molar-refractivity contribution in [3.8, 4) is 0 Å². The summed E-state index contributed by atoms with van der Waals surface area (Å²) in [6.45, 7) is 11.1. The first kappa shape index (κ1) is 26.9. The fourth-order valence-corrected chi connectivity index (χ4v) is 2.21. The topological polar surface area (TPSA) is 114 Å². The van der Waals surface area contributed by atoms with E-state index >= 15 is 0 Å². The number of carbonyl (C=O) groups excluding carboxylic acids is 4. The normalized spacial score (nSPS) is 13.3. The first-order chi connectivity index (χ1) is 14.7. The van der Waals surface area contributed by atoms with Crippen LogP contribution in [0.2, 0.25) is 0 Å². The number of rotatable bonds is 8. The maximum Gasteiger partial charge on any atom is 0.509 e. The zero-order valence-electron chi connectivity index (χ0n) is 19.6. The highest BCUT2D eigenvalue weighted by Crippen LogP contribution is 2.14. The van der Waals surface area contributed by atoms with E-state index in [0.29, 0.717) is 5.56 Å². The van der Waals surface area contributed by atoms with Crippen LogP contribution in [-0.2, 0) is 44.7 Å². The molecular formula is C23H32O9. The van der Waals surface area contributed by atoms with Crippen LogP contribution in [0.5, 0.6) is 0 Å². The summed E-state index contributed by atoms with van der Waals surface area (Å²) >= 11 is 0. The van der Waals surface area contributed by atoms with Gasteiger partial charge in [-0.25, -0.2) is 14.4 Å². The number of esters is 3. The van der Waals surface area contributed by atoms with E-state index in [1.54, 1.807) is 65.8 Å². The lowest BCUT2D eigenvalue weighted by Gasteiger charge is -2.23. The molecular weight excluding hydrogens is 420 g/mol. The third-order valence-corrected chi connectivity index (χ3v) is 3.51. The molecule has 0 unspecified atom stereocenters. The summed E-state index contributed by atoms with van der Waals surface area (Å²) in [5.41, 5.74) is -0.930. The standard InChI is InChI=1S/C23H32O9/c1-15(19(25)31-22(2,3)4)29-18(24)13-17(30-21(27)32-23(5,6)7)20(26)28-14-16-11-9-8-10-12-16/h8-12,15,17H,13-14H2,1-7H3/t15-,17-/m0/s1. The summed E-state index contributed by atoms with van der Waals surface area (Å²) < 4.78 is 25.4. The summed E-state index contributed by atoms with van der Waals surface area (Å²) in [6.07, 6.45) is -4.65. The van der Waals surface area contributed by atoms with Gasteiger partial charge in [-0.3, -0.25) is 4.79 Å². The van der Waals surface area contributed by atoms with E-state index in [9.17, 15) is 19.2 Å². The molecule has 0 bridgehead atoms. The van der Waals surface area contributed by atoms with Crippen molar-refractivity contribution in [2.24, 2.45) is 0 Å². The third-order valence-electron chi connectivity index (χ3n) is 3.51. The van der Waals surface area contributed by atoms with Crippen molar-refractivity contribution in [2.45, 2.75) is 84.9 Å². The summed E-state index contributed by atoms with van der Waals surface area (Å²) in [6, 6.07) is 8.84. The quantitative estimate of drug-likeness (QED) is 0.430. The van der Waals surface area contributed by atoms with Gasteiger partial charge in [0.1, 0.15) is 17.8 Å². The van der Waals surface area contributed by atoms with Gasteiger partial charge in [-0.15, -0.1) is 0 Å². The maximum atomic E-state index is 12.5. The molecule has 0 fully saturated rings. The third kappa shape index (κ3) is 11.3. The average molecular weight is 453 g/mol. The Kier molecular flexibility index (Phi) is 9.68. The fraction of sp³-hybridized carbons (Fsp3) is 0.565. The molecule has 1 rings (SSSR count). The molecule has 0 saturated carbocycles. The maximum absolute atomic E-state index is 12.5. The number of hydrogen-bond acceptors (Lipinski definition) is 9. The highest BCUT2D eigenvalue weighted by molar-refractivity contribution is 5.85. The Hall–Kier alpha value is -3.10. The Morgan fingerprint density at radius 2 is 1.38 bits per heavy atom. The number of hydrogen-bond donors (Lipinski definition) is 0. The van der Waals surface area contributed by atoms with Crippen molar-refractivity contribution in [3.63, 3.8) is 0 Å². The van der Waals surface area contributed by atoms with Crippen LogP contribution in [0.1, 0.15) is 60.5 Å². The number of ether oxygens (including phenoxy) is 5. The second-order valence-electron chi connectivity index (χ2n) is 9.03. The molecule has 0 aliphatic heterocycles. The molecule has 0 saturated heterocycles. The molecule has 2 atom stereocenters. The molecule has 1 aromatic rings. The van der Waals surface area contributed by atoms with Crippen LogP contribution in [0, 0.1) is 0 Å². The Labute approximate surface area is 188 Å². The van der Waals surface area contributed by atoms with E-state index in [1.807, 2.05) is 6.07 Å². The summed E-state index contributed by atoms with van der Waals surface area (Å²) in [5.74, 6) is -2.66. The highest BCUT2D eigenvalue weighted by atomic mass is 16.7. The predicted octanol–water partition coefficient (Wildman–Crippen LogP) is 3.71. The van der Waals surface area contributed by atoms with Gasteiger partial charge >= 0.3 is 24.1 Å². The first-order valence-corrected chi connectivity index (χ1v) is 10.2. The fourth-order valence-electron chi connectivity index (χ4n) is 2.21. The Morgan fingerprint density at radius 3 is 1.91 bits per heavy atom. The Bertz CT molecular complexity index is 788. The summed E-state index contributed by atoms with van der Waals surface area (Å²) in [7, 11) is 0. The SMILES string of the molecule is C[C@H](OC(=O)C[C@H](OC(=O)OC(C)(C)C)C(=O)OCc1ccccc1)C(=O)OC(C)(C)C. The zero-order chi connectivity index (χ0) is 24.5. The van der Waals surface area contributed by atoms with Gasteiger partial charge in [-0.2, -0.15) is 0 Å². The minimum atomic E-state index is -1.62. The second-order valence-corrected chi connectivity index (χ2v) is 9.03. The van der Waals surface area contributed by atoms with Crippen LogP contribution in [0.15, 0.2) is 30.3 Å². The van der Waals surface area contributed by atoms with Crippen molar-refractivity contribution < 1.29 is 42.9 Å². The van der Waals surface area contributed by atoms with Gasteiger partial charge in [0.05, 0.1) is 6.42 Å². The summed E-state index contributed by atoms with van der Waals surface area (Å²) in [4.78, 5) is 48.9.